The van der Waals surface area contributed by atoms with Crippen LogP contribution in [0.2, 0.25) is 0 Å². The molecular formula is C13H19NO5S. The summed E-state index contributed by atoms with van der Waals surface area (Å²) in [4.78, 5) is 23.4. The first-order chi connectivity index (χ1) is 9.35. The predicted molar refractivity (Wildman–Crippen MR) is 72.7 cm³/mol. The Morgan fingerprint density at radius 2 is 1.85 bits per heavy atom. The molecule has 20 heavy (non-hydrogen) atoms. The molecule has 2 aliphatic carbocycles. The Balaban J connectivity index is 1.95. The van der Waals surface area contributed by atoms with Crippen molar-refractivity contribution in [1.29, 1.82) is 0 Å². The maximum Gasteiger partial charge on any atom is 0.307 e. The van der Waals surface area contributed by atoms with Crippen LogP contribution in [0, 0.1) is 23.7 Å². The lowest BCUT2D eigenvalue weighted by molar-refractivity contribution is -0.147. The van der Waals surface area contributed by atoms with E-state index < -0.39 is 27.6 Å². The Bertz CT molecular complexity index is 539. The van der Waals surface area contributed by atoms with E-state index in [1.54, 1.807) is 6.92 Å². The Hall–Kier alpha value is -1.37. The molecule has 1 saturated carbocycles. The van der Waals surface area contributed by atoms with Gasteiger partial charge in [-0.1, -0.05) is 19.1 Å². The maximum absolute atomic E-state index is 12.1. The lowest BCUT2D eigenvalue weighted by Crippen LogP contribution is -2.41. The number of aliphatic carboxylic acids is 1. The Morgan fingerprint density at radius 3 is 2.40 bits per heavy atom. The van der Waals surface area contributed by atoms with Crippen molar-refractivity contribution in [2.24, 2.45) is 23.7 Å². The number of rotatable bonds is 6. The molecule has 7 heteroatoms. The molecule has 0 aromatic carbocycles. The number of carbonyl (C=O) groups is 2. The molecule has 4 atom stereocenters. The smallest absolute Gasteiger partial charge is 0.307 e. The summed E-state index contributed by atoms with van der Waals surface area (Å²) in [5.41, 5.74) is 0. The SMILES string of the molecule is CCS(=O)(=O)CCNC(=O)[C@H]1C2C=CC(C2)[C@H]1C(=O)O. The second-order valence-corrected chi connectivity index (χ2v) is 7.84. The molecule has 0 heterocycles. The van der Waals surface area contributed by atoms with Crippen LogP contribution in [0.15, 0.2) is 12.2 Å². The third-order valence-electron chi connectivity index (χ3n) is 4.20. The molecule has 0 aliphatic heterocycles. The van der Waals surface area contributed by atoms with Crippen molar-refractivity contribution >= 4 is 21.7 Å². The molecule has 2 rings (SSSR count). The van der Waals surface area contributed by atoms with E-state index in [9.17, 15) is 23.1 Å². The van der Waals surface area contributed by atoms with Crippen molar-refractivity contribution in [3.63, 3.8) is 0 Å². The van der Waals surface area contributed by atoms with Crippen LogP contribution in [0.4, 0.5) is 0 Å². The average molecular weight is 301 g/mol. The molecule has 2 bridgehead atoms. The highest BCUT2D eigenvalue weighted by Crippen LogP contribution is 2.48. The number of hydrogen-bond donors (Lipinski definition) is 2. The molecule has 2 unspecified atom stereocenters. The van der Waals surface area contributed by atoms with Gasteiger partial charge < -0.3 is 10.4 Å². The zero-order valence-corrected chi connectivity index (χ0v) is 12.1. The first-order valence-corrected chi connectivity index (χ1v) is 8.57. The van der Waals surface area contributed by atoms with Gasteiger partial charge in [0.2, 0.25) is 5.91 Å². The minimum Gasteiger partial charge on any atom is -0.481 e. The van der Waals surface area contributed by atoms with Crippen molar-refractivity contribution < 1.29 is 23.1 Å². The zero-order chi connectivity index (χ0) is 14.9. The molecule has 2 N–H and O–H groups in total. The third kappa shape index (κ3) is 2.87. The van der Waals surface area contributed by atoms with E-state index in [1.165, 1.54) is 0 Å². The number of fused-ring (bicyclic) bond motifs is 2. The lowest BCUT2D eigenvalue weighted by Gasteiger charge is -2.23. The Kier molecular flexibility index (Phi) is 4.17. The fraction of sp³-hybridized carbons (Fsp3) is 0.692. The van der Waals surface area contributed by atoms with Crippen molar-refractivity contribution in [2.45, 2.75) is 13.3 Å². The number of amides is 1. The van der Waals surface area contributed by atoms with Gasteiger partial charge in [0, 0.05) is 12.3 Å². The first-order valence-electron chi connectivity index (χ1n) is 6.75. The number of carbonyl (C=O) groups excluding carboxylic acids is 1. The van der Waals surface area contributed by atoms with Crippen LogP contribution < -0.4 is 5.32 Å². The van der Waals surface area contributed by atoms with E-state index >= 15 is 0 Å². The molecule has 1 amide bonds. The summed E-state index contributed by atoms with van der Waals surface area (Å²) in [6.45, 7) is 1.59. The quantitative estimate of drug-likeness (QED) is 0.676. The van der Waals surface area contributed by atoms with Gasteiger partial charge in [0.25, 0.3) is 0 Å². The van der Waals surface area contributed by atoms with Gasteiger partial charge in [0.15, 0.2) is 9.84 Å². The largest absolute Gasteiger partial charge is 0.481 e. The highest BCUT2D eigenvalue weighted by atomic mass is 32.2. The molecule has 0 radical (unpaired) electrons. The molecular weight excluding hydrogens is 282 g/mol. The van der Waals surface area contributed by atoms with Crippen LogP contribution in [0.3, 0.4) is 0 Å². The predicted octanol–water partition coefficient (Wildman–Crippen LogP) is 0.0602. The number of carboxylic acid groups (broad SMARTS) is 1. The molecule has 1 fully saturated rings. The highest BCUT2D eigenvalue weighted by molar-refractivity contribution is 7.91. The summed E-state index contributed by atoms with van der Waals surface area (Å²) < 4.78 is 22.7. The molecule has 2 aliphatic rings. The van der Waals surface area contributed by atoms with Gasteiger partial charge in [-0.3, -0.25) is 9.59 Å². The molecule has 0 saturated heterocycles. The van der Waals surface area contributed by atoms with E-state index in [2.05, 4.69) is 5.32 Å². The van der Waals surface area contributed by atoms with E-state index in [0.29, 0.717) is 6.42 Å². The summed E-state index contributed by atoms with van der Waals surface area (Å²) >= 11 is 0. The zero-order valence-electron chi connectivity index (χ0n) is 11.3. The number of sulfone groups is 1. The minimum atomic E-state index is -3.12. The van der Waals surface area contributed by atoms with Gasteiger partial charge in [-0.05, 0) is 18.3 Å². The van der Waals surface area contributed by atoms with E-state index in [4.69, 9.17) is 0 Å². The fourth-order valence-corrected chi connectivity index (χ4v) is 3.81. The van der Waals surface area contributed by atoms with Gasteiger partial charge in [-0.2, -0.15) is 0 Å². The van der Waals surface area contributed by atoms with Crippen molar-refractivity contribution in [2.75, 3.05) is 18.1 Å². The van der Waals surface area contributed by atoms with Gasteiger partial charge >= 0.3 is 5.97 Å². The number of carboxylic acids is 1. The van der Waals surface area contributed by atoms with Crippen molar-refractivity contribution in [1.82, 2.24) is 5.32 Å². The monoisotopic (exact) mass is 301 g/mol. The van der Waals surface area contributed by atoms with Crippen LogP contribution in [0.25, 0.3) is 0 Å². The van der Waals surface area contributed by atoms with E-state index in [-0.39, 0.29) is 35.8 Å². The van der Waals surface area contributed by atoms with Gasteiger partial charge in [-0.25, -0.2) is 8.42 Å². The summed E-state index contributed by atoms with van der Waals surface area (Å²) in [6, 6.07) is 0. The minimum absolute atomic E-state index is 0.0381. The highest BCUT2D eigenvalue weighted by Gasteiger charge is 2.51. The second kappa shape index (κ2) is 5.55. The van der Waals surface area contributed by atoms with Gasteiger partial charge in [-0.15, -0.1) is 0 Å². The van der Waals surface area contributed by atoms with Gasteiger partial charge in [0.05, 0.1) is 17.6 Å². The average Bonchev–Trinajstić information content (AvgIpc) is 2.98. The van der Waals surface area contributed by atoms with Crippen LogP contribution >= 0.6 is 0 Å². The number of hydrogen-bond acceptors (Lipinski definition) is 4. The fourth-order valence-electron chi connectivity index (χ4n) is 3.11. The summed E-state index contributed by atoms with van der Waals surface area (Å²) in [5, 5.41) is 11.8. The molecule has 0 spiro atoms. The van der Waals surface area contributed by atoms with Crippen molar-refractivity contribution in [3.05, 3.63) is 12.2 Å². The van der Waals surface area contributed by atoms with Crippen LogP contribution in [0.5, 0.6) is 0 Å². The topological polar surface area (TPSA) is 101 Å². The van der Waals surface area contributed by atoms with Gasteiger partial charge in [0.1, 0.15) is 0 Å². The first kappa shape index (κ1) is 15.0. The molecule has 112 valence electrons. The van der Waals surface area contributed by atoms with Crippen LogP contribution in [-0.4, -0.2) is 43.5 Å². The normalized spacial score (nSPS) is 31.4. The van der Waals surface area contributed by atoms with E-state index in [0.717, 1.165) is 0 Å². The Morgan fingerprint density at radius 1 is 1.25 bits per heavy atom. The lowest BCUT2D eigenvalue weighted by atomic mass is 9.82. The summed E-state index contributed by atoms with van der Waals surface area (Å²) in [6.07, 6.45) is 4.47. The summed E-state index contributed by atoms with van der Waals surface area (Å²) in [5.74, 6) is -2.75. The maximum atomic E-state index is 12.1. The molecule has 6 nitrogen and oxygen atoms in total. The molecule has 0 aromatic heterocycles. The third-order valence-corrected chi connectivity index (χ3v) is 5.91. The number of allylic oxidation sites excluding steroid dienone is 2. The molecule has 0 aromatic rings. The summed E-state index contributed by atoms with van der Waals surface area (Å²) in [7, 11) is -3.12. The van der Waals surface area contributed by atoms with Crippen LogP contribution in [-0.2, 0) is 19.4 Å². The Labute approximate surface area is 118 Å². The second-order valence-electron chi connectivity index (χ2n) is 5.37. The van der Waals surface area contributed by atoms with Crippen LogP contribution in [0.1, 0.15) is 13.3 Å². The number of nitrogens with one attached hydrogen (secondary N) is 1. The standard InChI is InChI=1S/C13H19NO5S/c1-2-20(18,19)6-5-14-12(15)10-8-3-4-9(7-8)11(10)13(16)17/h3-4,8-11H,2,5-7H2,1H3,(H,14,15)(H,16,17)/t8?,9?,10-,11+/m0/s1. The van der Waals surface area contributed by atoms with Crippen molar-refractivity contribution in [3.8, 4) is 0 Å². The van der Waals surface area contributed by atoms with E-state index in [1.807, 2.05) is 12.2 Å².